The molecule has 0 N–H and O–H groups in total. The molecular weight excluding hydrogens is 455 g/mol. The van der Waals surface area contributed by atoms with Gasteiger partial charge in [-0.05, 0) is 48.7 Å². The molecule has 0 heterocycles. The van der Waals surface area contributed by atoms with Gasteiger partial charge in [0.15, 0.2) is 3.93 Å². The van der Waals surface area contributed by atoms with E-state index in [-0.39, 0.29) is 21.2 Å². The zero-order valence-electron chi connectivity index (χ0n) is 17.3. The van der Waals surface area contributed by atoms with Crippen LogP contribution in [0.1, 0.15) is 76.7 Å². The monoisotopic (exact) mass is 489 g/mol. The molecule has 28 heavy (non-hydrogen) atoms. The topological polar surface area (TPSA) is 9.23 Å². The van der Waals surface area contributed by atoms with Crippen LogP contribution in [0.5, 0.6) is 5.75 Å². The molecule has 0 saturated heterocycles. The molecule has 0 saturated carbocycles. The summed E-state index contributed by atoms with van der Waals surface area (Å²) in [6.07, 6.45) is 13.6. The summed E-state index contributed by atoms with van der Waals surface area (Å²) < 4.78 is 10.6. The Kier molecular flexibility index (Phi) is 12.6. The first-order valence-corrected chi connectivity index (χ1v) is 13.0. The lowest BCUT2D eigenvalue weighted by Crippen LogP contribution is -3.59. The normalized spacial score (nSPS) is 10.3. The van der Waals surface area contributed by atoms with Crippen LogP contribution in [0.25, 0.3) is 0 Å². The van der Waals surface area contributed by atoms with Gasteiger partial charge in [-0.15, -0.1) is 0 Å². The molecule has 150 valence electrons. The number of halogens is 1. The zero-order chi connectivity index (χ0) is 19.7. The molecule has 0 atom stereocenters. The molecule has 0 aliphatic rings. The van der Waals surface area contributed by atoms with E-state index in [1.165, 1.54) is 61.4 Å². The Morgan fingerprint density at radius 3 is 1.96 bits per heavy atom. The molecule has 0 amide bonds. The highest BCUT2D eigenvalue weighted by molar-refractivity contribution is 5.37. The van der Waals surface area contributed by atoms with Gasteiger partial charge in [0, 0.05) is 5.56 Å². The van der Waals surface area contributed by atoms with Crippen LogP contribution in [0.4, 0.5) is 0 Å². The summed E-state index contributed by atoms with van der Waals surface area (Å²) in [5.41, 5.74) is 1.07. The molecule has 0 aliphatic heterocycles. The van der Waals surface area contributed by atoms with Gasteiger partial charge in [0.25, 0.3) is 0 Å². The molecule has 2 aromatic rings. The Labute approximate surface area is 182 Å². The van der Waals surface area contributed by atoms with Crippen molar-refractivity contribution in [2.75, 3.05) is 6.61 Å². The van der Waals surface area contributed by atoms with Crippen LogP contribution in [0.2, 0.25) is 0 Å². The van der Waals surface area contributed by atoms with Gasteiger partial charge < -0.3 is 4.74 Å². The lowest BCUT2D eigenvalue weighted by Gasteiger charge is -2.06. The van der Waals surface area contributed by atoms with E-state index in [0.717, 1.165) is 24.3 Å². The van der Waals surface area contributed by atoms with Crippen molar-refractivity contribution in [1.82, 2.24) is 0 Å². The number of unbranched alkanes of at least 4 members (excludes halogenated alkanes) is 9. The Balaban J connectivity index is 1.52. The maximum atomic E-state index is 5.87. The first-order valence-electron chi connectivity index (χ1n) is 10.8. The van der Waals surface area contributed by atoms with Crippen molar-refractivity contribution in [2.45, 2.75) is 71.1 Å². The van der Waals surface area contributed by atoms with Crippen molar-refractivity contribution in [3.63, 3.8) is 0 Å². The Bertz CT molecular complexity index is 682. The molecular formula is C26H34IO+. The first kappa shape index (κ1) is 22.8. The molecule has 2 aromatic carbocycles. The number of benzene rings is 2. The average molecular weight is 489 g/mol. The quantitative estimate of drug-likeness (QED) is 0.232. The summed E-state index contributed by atoms with van der Waals surface area (Å²) >= 11 is -0.223. The van der Waals surface area contributed by atoms with E-state index in [1.54, 1.807) is 0 Å². The van der Waals surface area contributed by atoms with Crippen molar-refractivity contribution in [2.24, 2.45) is 0 Å². The fourth-order valence-electron chi connectivity index (χ4n) is 3.02. The third-order valence-electron chi connectivity index (χ3n) is 4.70. The second-order valence-corrected chi connectivity index (χ2v) is 9.49. The minimum absolute atomic E-state index is 0.223. The van der Waals surface area contributed by atoms with Crippen LogP contribution in [-0.4, -0.2) is 6.61 Å². The standard InChI is InChI=1S/C26H34IO/c1-2-3-4-5-6-7-8-9-10-14-23-28-26-19-17-24(18-20-26)21-22-27-25-15-12-11-13-16-25/h11-13,15-20H,2-10,14,23H2,1H3/q+1. The minimum atomic E-state index is -0.223. The lowest BCUT2D eigenvalue weighted by atomic mass is 10.1. The molecule has 0 fully saturated rings. The average Bonchev–Trinajstić information content (AvgIpc) is 2.74. The lowest BCUT2D eigenvalue weighted by molar-refractivity contribution is -0.535. The maximum Gasteiger partial charge on any atom is 0.420 e. The number of rotatable bonds is 13. The third-order valence-corrected chi connectivity index (χ3v) is 6.58. The highest BCUT2D eigenvalue weighted by Gasteiger charge is 2.06. The predicted octanol–water partition coefficient (Wildman–Crippen LogP) is 4.25. The van der Waals surface area contributed by atoms with Gasteiger partial charge in [-0.1, -0.05) is 82.9 Å². The van der Waals surface area contributed by atoms with Crippen LogP contribution in [0, 0.1) is 13.4 Å². The Hall–Kier alpha value is -1.47. The molecule has 0 radical (unpaired) electrons. The Morgan fingerprint density at radius 2 is 1.32 bits per heavy atom. The van der Waals surface area contributed by atoms with Crippen LogP contribution in [0.15, 0.2) is 54.6 Å². The summed E-state index contributed by atoms with van der Waals surface area (Å²) in [7, 11) is 0. The summed E-state index contributed by atoms with van der Waals surface area (Å²) in [4.78, 5) is 0. The molecule has 0 aliphatic carbocycles. The van der Waals surface area contributed by atoms with Crippen LogP contribution in [-0.2, 0) is 0 Å². The second kappa shape index (κ2) is 15.5. The van der Waals surface area contributed by atoms with Gasteiger partial charge in [0.1, 0.15) is 5.75 Å². The summed E-state index contributed by atoms with van der Waals surface area (Å²) in [6.45, 7) is 3.10. The zero-order valence-corrected chi connectivity index (χ0v) is 19.4. The van der Waals surface area contributed by atoms with Gasteiger partial charge in [0.2, 0.25) is 3.57 Å². The van der Waals surface area contributed by atoms with Gasteiger partial charge in [-0.25, -0.2) is 0 Å². The molecule has 0 bridgehead atoms. The smallest absolute Gasteiger partial charge is 0.420 e. The SMILES string of the molecule is CCCCCCCCCCCCOc1ccc(C#C[I+]c2ccccc2)cc1. The van der Waals surface area contributed by atoms with Crippen molar-refractivity contribution >= 4 is 0 Å². The van der Waals surface area contributed by atoms with Crippen LogP contribution >= 0.6 is 0 Å². The highest BCUT2D eigenvalue weighted by atomic mass is 127. The van der Waals surface area contributed by atoms with E-state index in [2.05, 4.69) is 59.2 Å². The fraction of sp³-hybridized carbons (Fsp3) is 0.462. The second-order valence-electron chi connectivity index (χ2n) is 7.16. The van der Waals surface area contributed by atoms with E-state index >= 15 is 0 Å². The molecule has 0 aromatic heterocycles. The summed E-state index contributed by atoms with van der Waals surface area (Å²) in [5, 5.41) is 0. The van der Waals surface area contributed by atoms with Crippen molar-refractivity contribution in [3.05, 3.63) is 63.7 Å². The van der Waals surface area contributed by atoms with Gasteiger partial charge >= 0.3 is 21.2 Å². The fourth-order valence-corrected chi connectivity index (χ4v) is 4.56. The minimum Gasteiger partial charge on any atom is -0.494 e. The molecule has 0 spiro atoms. The van der Waals surface area contributed by atoms with Gasteiger partial charge in [-0.2, -0.15) is 0 Å². The highest BCUT2D eigenvalue weighted by Crippen LogP contribution is 2.13. The largest absolute Gasteiger partial charge is 0.494 e. The van der Waals surface area contributed by atoms with Crippen molar-refractivity contribution < 1.29 is 25.9 Å². The first-order chi connectivity index (χ1) is 13.9. The van der Waals surface area contributed by atoms with Crippen molar-refractivity contribution in [1.29, 1.82) is 0 Å². The molecule has 2 heteroatoms. The van der Waals surface area contributed by atoms with E-state index in [0.29, 0.717) is 0 Å². The van der Waals surface area contributed by atoms with Crippen LogP contribution < -0.4 is 25.9 Å². The van der Waals surface area contributed by atoms with Gasteiger partial charge in [-0.3, -0.25) is 0 Å². The number of hydrogen-bond acceptors (Lipinski definition) is 1. The van der Waals surface area contributed by atoms with Crippen molar-refractivity contribution in [3.8, 4) is 15.6 Å². The van der Waals surface area contributed by atoms with E-state index in [4.69, 9.17) is 4.74 Å². The van der Waals surface area contributed by atoms with Gasteiger partial charge in [0.05, 0.1) is 6.61 Å². The van der Waals surface area contributed by atoms with E-state index < -0.39 is 0 Å². The third kappa shape index (κ3) is 10.8. The summed E-state index contributed by atoms with van der Waals surface area (Å²) in [6, 6.07) is 18.7. The van der Waals surface area contributed by atoms with E-state index in [1.807, 2.05) is 12.1 Å². The summed E-state index contributed by atoms with van der Waals surface area (Å²) in [5.74, 6) is 4.23. The Morgan fingerprint density at radius 1 is 0.714 bits per heavy atom. The molecule has 0 unspecified atom stereocenters. The number of ether oxygens (including phenoxy) is 1. The van der Waals surface area contributed by atoms with Crippen LogP contribution in [0.3, 0.4) is 0 Å². The predicted molar refractivity (Wildman–Crippen MR) is 116 cm³/mol. The number of hydrogen-bond donors (Lipinski definition) is 0. The molecule has 2 rings (SSSR count). The maximum absolute atomic E-state index is 5.87. The molecule has 1 nitrogen and oxygen atoms in total. The van der Waals surface area contributed by atoms with E-state index in [9.17, 15) is 0 Å².